The van der Waals surface area contributed by atoms with E-state index < -0.39 is 0 Å². The van der Waals surface area contributed by atoms with Crippen molar-refractivity contribution in [2.24, 2.45) is 0 Å². The summed E-state index contributed by atoms with van der Waals surface area (Å²) in [5.74, 6) is 0. The predicted octanol–water partition coefficient (Wildman–Crippen LogP) is 8.33. The SMILES string of the molecule is Cc1ccccc1N1C=CN2CCCN3C=CN(c4ccccc4/C(=C4\c5ccc6c(oc7ccccc76)c5N5C=CN(C)C45)C21)C3C. The lowest BCUT2D eigenvalue weighted by atomic mass is 9.89. The van der Waals surface area contributed by atoms with Gasteiger partial charge in [0, 0.05) is 96.1 Å². The Hall–Kier alpha value is -5.56. The Bertz CT molecular complexity index is 2240. The summed E-state index contributed by atoms with van der Waals surface area (Å²) >= 11 is 0. The normalized spacial score (nSPS) is 24.2. The molecule has 1 aromatic heterocycles. The van der Waals surface area contributed by atoms with E-state index >= 15 is 0 Å². The van der Waals surface area contributed by atoms with Gasteiger partial charge in [-0.2, -0.15) is 0 Å². The molecule has 0 radical (unpaired) electrons. The van der Waals surface area contributed by atoms with Gasteiger partial charge in [0.2, 0.25) is 0 Å². The summed E-state index contributed by atoms with van der Waals surface area (Å²) in [6.45, 7) is 6.49. The second-order valence-corrected chi connectivity index (χ2v) is 13.6. The molecule has 0 N–H and O–H groups in total. The van der Waals surface area contributed by atoms with Crippen LogP contribution in [0.2, 0.25) is 0 Å². The van der Waals surface area contributed by atoms with Crippen molar-refractivity contribution in [3.63, 3.8) is 0 Å². The van der Waals surface area contributed by atoms with Crippen molar-refractivity contribution in [3.8, 4) is 0 Å². The zero-order chi connectivity index (χ0) is 32.1. The number of anilines is 3. The molecule has 48 heavy (non-hydrogen) atoms. The predicted molar refractivity (Wildman–Crippen MR) is 196 cm³/mol. The highest BCUT2D eigenvalue weighted by molar-refractivity contribution is 6.16. The first-order valence-electron chi connectivity index (χ1n) is 17.1. The van der Waals surface area contributed by atoms with Gasteiger partial charge in [-0.25, -0.2) is 0 Å². The Morgan fingerprint density at radius 3 is 2.21 bits per heavy atom. The lowest BCUT2D eigenvalue weighted by Gasteiger charge is -2.39. The minimum Gasteiger partial charge on any atom is -0.454 e. The Morgan fingerprint density at radius 2 is 1.31 bits per heavy atom. The highest BCUT2D eigenvalue weighted by atomic mass is 16.3. The molecule has 0 saturated heterocycles. The van der Waals surface area contributed by atoms with E-state index in [1.54, 1.807) is 0 Å². The number of rotatable bonds is 1. The second-order valence-electron chi connectivity index (χ2n) is 13.6. The number of fused-ring (bicyclic) bond motifs is 12. The maximum atomic E-state index is 6.72. The van der Waals surface area contributed by atoms with Crippen LogP contribution >= 0.6 is 0 Å². The van der Waals surface area contributed by atoms with Crippen LogP contribution in [0.5, 0.6) is 0 Å². The van der Waals surface area contributed by atoms with E-state index in [4.69, 9.17) is 4.42 Å². The summed E-state index contributed by atoms with van der Waals surface area (Å²) in [7, 11) is 2.20. The van der Waals surface area contributed by atoms with E-state index in [2.05, 4.69) is 172 Å². The molecule has 238 valence electrons. The number of nitrogens with zero attached hydrogens (tertiary/aromatic N) is 6. The van der Waals surface area contributed by atoms with Gasteiger partial charge in [-0.15, -0.1) is 0 Å². The first-order valence-corrected chi connectivity index (χ1v) is 17.1. The summed E-state index contributed by atoms with van der Waals surface area (Å²) < 4.78 is 6.72. The van der Waals surface area contributed by atoms with E-state index in [-0.39, 0.29) is 18.5 Å². The standard InChI is InChI=1S/C41H38N6O/c1-27-11-4-7-14-33(27)46-26-23-44-20-10-19-43-22-25-45(28(43)2)34-15-8-5-13-31(34)36(41(44)46)37-32-18-17-30-29-12-6-9-16-35(29)48-39(30)38(32)47-24-21-42(3)40(37)47/h4-9,11-18,21-26,28,40-41H,10,19-20H2,1-3H3/b37-36-. The van der Waals surface area contributed by atoms with Gasteiger partial charge < -0.3 is 33.8 Å². The second kappa shape index (κ2) is 10.2. The van der Waals surface area contributed by atoms with Crippen LogP contribution in [0.4, 0.5) is 17.1 Å². The van der Waals surface area contributed by atoms with Crippen LogP contribution in [-0.4, -0.2) is 53.3 Å². The van der Waals surface area contributed by atoms with Crippen LogP contribution in [0.1, 0.15) is 30.0 Å². The average Bonchev–Trinajstić information content (AvgIpc) is 3.92. The Labute approximate surface area is 281 Å². The third-order valence-corrected chi connectivity index (χ3v) is 11.0. The molecule has 7 heteroatoms. The quantitative estimate of drug-likeness (QED) is 0.184. The van der Waals surface area contributed by atoms with E-state index in [1.165, 1.54) is 39.2 Å². The van der Waals surface area contributed by atoms with Gasteiger partial charge in [0.25, 0.3) is 0 Å². The van der Waals surface area contributed by atoms with Crippen molar-refractivity contribution in [1.82, 2.24) is 14.7 Å². The van der Waals surface area contributed by atoms with Gasteiger partial charge in [0.1, 0.15) is 24.1 Å². The number of likely N-dealkylation sites (N-methyl/N-ethyl adjacent to an activating group) is 1. The van der Waals surface area contributed by atoms with E-state index in [9.17, 15) is 0 Å². The lowest BCUT2D eigenvalue weighted by Crippen LogP contribution is -2.43. The van der Waals surface area contributed by atoms with Gasteiger partial charge in [-0.1, -0.05) is 60.7 Å². The molecule has 0 spiro atoms. The van der Waals surface area contributed by atoms with Gasteiger partial charge in [-0.3, -0.25) is 0 Å². The van der Waals surface area contributed by atoms with Crippen LogP contribution in [0, 0.1) is 6.92 Å². The zero-order valence-corrected chi connectivity index (χ0v) is 27.5. The lowest BCUT2D eigenvalue weighted by molar-refractivity contribution is 0.281. The maximum absolute atomic E-state index is 6.72. The van der Waals surface area contributed by atoms with Gasteiger partial charge in [0.05, 0.1) is 11.4 Å². The Kier molecular flexibility index (Phi) is 5.86. The van der Waals surface area contributed by atoms with E-state index in [0.29, 0.717) is 0 Å². The van der Waals surface area contributed by atoms with Crippen molar-refractivity contribution < 1.29 is 4.42 Å². The molecule has 0 aliphatic carbocycles. The number of aryl methyl sites for hydroxylation is 1. The van der Waals surface area contributed by atoms with Crippen LogP contribution in [0.25, 0.3) is 33.1 Å². The highest BCUT2D eigenvalue weighted by Gasteiger charge is 2.46. The minimum absolute atomic E-state index is 0.0174. The van der Waals surface area contributed by atoms with Crippen molar-refractivity contribution >= 4 is 50.1 Å². The van der Waals surface area contributed by atoms with Crippen LogP contribution in [0.15, 0.2) is 127 Å². The van der Waals surface area contributed by atoms with Crippen molar-refractivity contribution in [2.45, 2.75) is 38.8 Å². The van der Waals surface area contributed by atoms with E-state index in [0.717, 1.165) is 47.1 Å². The molecule has 10 rings (SSSR count). The van der Waals surface area contributed by atoms with Crippen LogP contribution in [-0.2, 0) is 0 Å². The molecule has 7 nitrogen and oxygen atoms in total. The fourth-order valence-corrected chi connectivity index (χ4v) is 8.69. The molecule has 0 saturated carbocycles. The maximum Gasteiger partial charge on any atom is 0.159 e. The molecule has 3 atom stereocenters. The molecule has 3 unspecified atom stereocenters. The summed E-state index contributed by atoms with van der Waals surface area (Å²) in [5.41, 5.74) is 11.8. The van der Waals surface area contributed by atoms with Gasteiger partial charge >= 0.3 is 0 Å². The number of furan rings is 1. The van der Waals surface area contributed by atoms with Crippen LogP contribution in [0.3, 0.4) is 0 Å². The number of hydrogen-bond donors (Lipinski definition) is 0. The van der Waals surface area contributed by atoms with Gasteiger partial charge in [-0.05, 0) is 50.1 Å². The van der Waals surface area contributed by atoms with Gasteiger partial charge in [0.15, 0.2) is 5.58 Å². The average molecular weight is 631 g/mol. The molecule has 5 aliphatic heterocycles. The summed E-state index contributed by atoms with van der Waals surface area (Å²) in [4.78, 5) is 14.8. The molecule has 0 fully saturated rings. The number of benzene rings is 4. The minimum atomic E-state index is -0.0532. The first kappa shape index (κ1) is 27.5. The molecule has 5 aromatic rings. The van der Waals surface area contributed by atoms with E-state index in [1.807, 2.05) is 0 Å². The fraction of sp³-hybridized carbons (Fsp3) is 0.220. The van der Waals surface area contributed by atoms with Crippen LogP contribution < -0.4 is 14.7 Å². The molecular weight excluding hydrogens is 592 g/mol. The molecule has 0 amide bonds. The summed E-state index contributed by atoms with van der Waals surface area (Å²) in [6.07, 6.45) is 14.8. The highest BCUT2D eigenvalue weighted by Crippen LogP contribution is 2.54. The molecule has 2 bridgehead atoms. The topological polar surface area (TPSA) is 32.6 Å². The molecular formula is C41H38N6O. The third kappa shape index (κ3) is 3.75. The fourth-order valence-electron chi connectivity index (χ4n) is 8.69. The molecule has 5 aliphatic rings. The zero-order valence-electron chi connectivity index (χ0n) is 27.5. The summed E-state index contributed by atoms with van der Waals surface area (Å²) in [6, 6.07) is 30.8. The smallest absolute Gasteiger partial charge is 0.159 e. The summed E-state index contributed by atoms with van der Waals surface area (Å²) in [5, 5.41) is 2.31. The van der Waals surface area contributed by atoms with Crippen molar-refractivity contribution in [2.75, 3.05) is 34.8 Å². The largest absolute Gasteiger partial charge is 0.454 e. The third-order valence-electron chi connectivity index (χ3n) is 11.0. The molecule has 4 aromatic carbocycles. The van der Waals surface area contributed by atoms with Crippen molar-refractivity contribution in [3.05, 3.63) is 139 Å². The monoisotopic (exact) mass is 630 g/mol. The molecule has 6 heterocycles. The first-order chi connectivity index (χ1) is 23.6. The number of hydrogen-bond acceptors (Lipinski definition) is 7. The Balaban J connectivity index is 1.32. The Morgan fingerprint density at radius 1 is 0.604 bits per heavy atom. The van der Waals surface area contributed by atoms with Crippen molar-refractivity contribution in [1.29, 1.82) is 0 Å². The number of para-hydroxylation sites is 3.